The van der Waals surface area contributed by atoms with Crippen LogP contribution >= 0.6 is 0 Å². The smallest absolute Gasteiger partial charge is 0.170 e. The lowest BCUT2D eigenvalue weighted by Gasteiger charge is -2.43. The minimum atomic E-state index is -1.12. The Bertz CT molecular complexity index is 488. The molecule has 0 saturated heterocycles. The third-order valence-electron chi connectivity index (χ3n) is 4.10. The van der Waals surface area contributed by atoms with Gasteiger partial charge < -0.3 is 4.74 Å². The van der Waals surface area contributed by atoms with Crippen molar-refractivity contribution in [3.05, 3.63) is 24.0 Å². The van der Waals surface area contributed by atoms with Crippen LogP contribution in [0.3, 0.4) is 0 Å². The van der Waals surface area contributed by atoms with Crippen molar-refractivity contribution in [1.29, 1.82) is 0 Å². The number of aromatic nitrogens is 1. The van der Waals surface area contributed by atoms with E-state index in [-0.39, 0.29) is 5.78 Å². The van der Waals surface area contributed by atoms with Gasteiger partial charge in [0.25, 0.3) is 0 Å². The number of hydrogen-bond acceptors (Lipinski definition) is 3. The van der Waals surface area contributed by atoms with Gasteiger partial charge >= 0.3 is 0 Å². The highest BCUT2D eigenvalue weighted by Gasteiger charge is 2.46. The molecular formula is C14H16FNO2. The second-order valence-electron chi connectivity index (χ2n) is 5.67. The molecule has 0 atom stereocenters. The fraction of sp³-hybridized carbons (Fsp3) is 0.571. The standard InChI is InChI=1S/C14H16FNO2/c1-13(15)3-5-14(6-4-13)8-11(17)10-2-7-16-9-12(10)18-14/h2,7,9H,3-6,8H2,1H3. The number of ketones is 1. The Morgan fingerprint density at radius 3 is 2.78 bits per heavy atom. The molecule has 0 amide bonds. The van der Waals surface area contributed by atoms with Gasteiger partial charge in [-0.2, -0.15) is 0 Å². The Labute approximate surface area is 105 Å². The topological polar surface area (TPSA) is 39.2 Å². The Hall–Kier alpha value is -1.45. The maximum atomic E-state index is 13.8. The zero-order valence-electron chi connectivity index (χ0n) is 10.4. The molecule has 0 N–H and O–H groups in total. The summed E-state index contributed by atoms with van der Waals surface area (Å²) in [6.07, 6.45) is 5.64. The summed E-state index contributed by atoms with van der Waals surface area (Å²) in [5.41, 5.74) is -1.02. The molecule has 1 aromatic heterocycles. The first-order chi connectivity index (χ1) is 8.50. The number of Topliss-reactive ketones (excluding diaryl/α,β-unsaturated/α-hetero) is 1. The number of halogens is 1. The maximum absolute atomic E-state index is 13.8. The number of hydrogen-bond donors (Lipinski definition) is 0. The third-order valence-corrected chi connectivity index (χ3v) is 4.10. The summed E-state index contributed by atoms with van der Waals surface area (Å²) in [5.74, 6) is 0.636. The summed E-state index contributed by atoms with van der Waals surface area (Å²) in [4.78, 5) is 16.1. The van der Waals surface area contributed by atoms with Gasteiger partial charge in [-0.25, -0.2) is 4.39 Å². The normalized spacial score (nSPS) is 35.1. The number of carbonyl (C=O) groups excluding carboxylic acids is 1. The number of ether oxygens (including phenoxy) is 1. The van der Waals surface area contributed by atoms with Crippen LogP contribution in [0.15, 0.2) is 18.5 Å². The van der Waals surface area contributed by atoms with E-state index in [9.17, 15) is 9.18 Å². The summed E-state index contributed by atoms with van der Waals surface area (Å²) < 4.78 is 19.8. The molecule has 1 fully saturated rings. The average molecular weight is 249 g/mol. The van der Waals surface area contributed by atoms with E-state index in [1.807, 2.05) is 0 Å². The predicted octanol–water partition coefficient (Wildman–Crippen LogP) is 3.09. The van der Waals surface area contributed by atoms with Crippen LogP contribution in [0.2, 0.25) is 0 Å². The fourth-order valence-electron chi connectivity index (χ4n) is 2.85. The second kappa shape index (κ2) is 3.77. The lowest BCUT2D eigenvalue weighted by molar-refractivity contribution is -0.0278. The first-order valence-corrected chi connectivity index (χ1v) is 6.35. The Kier molecular flexibility index (Phi) is 2.44. The van der Waals surface area contributed by atoms with Gasteiger partial charge in [0.05, 0.1) is 18.2 Å². The van der Waals surface area contributed by atoms with E-state index in [4.69, 9.17) is 4.74 Å². The van der Waals surface area contributed by atoms with Gasteiger partial charge in [-0.1, -0.05) is 0 Å². The maximum Gasteiger partial charge on any atom is 0.170 e. The highest BCUT2D eigenvalue weighted by molar-refractivity contribution is 6.00. The van der Waals surface area contributed by atoms with Crippen molar-refractivity contribution < 1.29 is 13.9 Å². The molecule has 0 aromatic carbocycles. The van der Waals surface area contributed by atoms with Crippen LogP contribution in [0, 0.1) is 0 Å². The van der Waals surface area contributed by atoms with Crippen molar-refractivity contribution in [2.75, 3.05) is 0 Å². The molecule has 0 unspecified atom stereocenters. The van der Waals surface area contributed by atoms with Crippen molar-refractivity contribution in [3.8, 4) is 5.75 Å². The largest absolute Gasteiger partial charge is 0.484 e. The average Bonchev–Trinajstić information content (AvgIpc) is 2.34. The zero-order chi connectivity index (χ0) is 12.8. The van der Waals surface area contributed by atoms with Crippen molar-refractivity contribution in [3.63, 3.8) is 0 Å². The van der Waals surface area contributed by atoms with Crippen molar-refractivity contribution in [2.45, 2.75) is 50.3 Å². The summed E-state index contributed by atoms with van der Waals surface area (Å²) in [6, 6.07) is 1.69. The molecule has 1 aliphatic carbocycles. The van der Waals surface area contributed by atoms with Crippen LogP contribution in [0.4, 0.5) is 4.39 Å². The molecule has 96 valence electrons. The van der Waals surface area contributed by atoms with Crippen LogP contribution in [0.25, 0.3) is 0 Å². The van der Waals surface area contributed by atoms with Crippen LogP contribution in [-0.4, -0.2) is 22.0 Å². The molecule has 18 heavy (non-hydrogen) atoms. The van der Waals surface area contributed by atoms with Crippen LogP contribution in [0.5, 0.6) is 5.75 Å². The van der Waals surface area contributed by atoms with E-state index in [0.29, 0.717) is 43.4 Å². The van der Waals surface area contributed by atoms with Crippen molar-refractivity contribution in [2.24, 2.45) is 0 Å². The van der Waals surface area contributed by atoms with Crippen LogP contribution in [-0.2, 0) is 0 Å². The van der Waals surface area contributed by atoms with E-state index < -0.39 is 11.3 Å². The molecule has 1 aromatic rings. The molecule has 2 aliphatic rings. The van der Waals surface area contributed by atoms with Gasteiger partial charge in [-0.15, -0.1) is 0 Å². The highest BCUT2D eigenvalue weighted by Crippen LogP contribution is 2.45. The fourth-order valence-corrected chi connectivity index (χ4v) is 2.85. The van der Waals surface area contributed by atoms with Gasteiger partial charge in [0, 0.05) is 6.20 Å². The van der Waals surface area contributed by atoms with Gasteiger partial charge in [0.2, 0.25) is 0 Å². The molecule has 1 spiro atoms. The number of rotatable bonds is 0. The lowest BCUT2D eigenvalue weighted by atomic mass is 9.74. The Balaban J connectivity index is 1.88. The lowest BCUT2D eigenvalue weighted by Crippen LogP contribution is -2.47. The number of fused-ring (bicyclic) bond motifs is 1. The van der Waals surface area contributed by atoms with E-state index >= 15 is 0 Å². The van der Waals surface area contributed by atoms with Crippen molar-refractivity contribution in [1.82, 2.24) is 4.98 Å². The Morgan fingerprint density at radius 2 is 2.06 bits per heavy atom. The number of pyridine rings is 1. The van der Waals surface area contributed by atoms with Crippen LogP contribution < -0.4 is 4.74 Å². The SMILES string of the molecule is CC1(F)CCC2(CC1)CC(=O)c1ccncc1O2. The molecule has 0 bridgehead atoms. The van der Waals surface area contributed by atoms with E-state index in [1.54, 1.807) is 25.4 Å². The molecule has 3 nitrogen and oxygen atoms in total. The number of nitrogens with zero attached hydrogens (tertiary/aromatic N) is 1. The van der Waals surface area contributed by atoms with Gasteiger partial charge in [-0.3, -0.25) is 9.78 Å². The molecule has 1 aliphatic heterocycles. The summed E-state index contributed by atoms with van der Waals surface area (Å²) >= 11 is 0. The van der Waals surface area contributed by atoms with E-state index in [2.05, 4.69) is 4.98 Å². The molecule has 3 rings (SSSR count). The molecule has 0 radical (unpaired) electrons. The van der Waals surface area contributed by atoms with E-state index in [1.165, 1.54) is 0 Å². The molecule has 2 heterocycles. The predicted molar refractivity (Wildman–Crippen MR) is 64.5 cm³/mol. The molecule has 1 saturated carbocycles. The quantitative estimate of drug-likeness (QED) is 0.709. The monoisotopic (exact) mass is 249 g/mol. The third kappa shape index (κ3) is 1.89. The van der Waals surface area contributed by atoms with Gasteiger partial charge in [-0.05, 0) is 38.7 Å². The summed E-state index contributed by atoms with van der Waals surface area (Å²) in [7, 11) is 0. The zero-order valence-corrected chi connectivity index (χ0v) is 10.4. The molecule has 4 heteroatoms. The number of carbonyl (C=O) groups is 1. The summed E-state index contributed by atoms with van der Waals surface area (Å²) in [6.45, 7) is 1.63. The Morgan fingerprint density at radius 1 is 1.33 bits per heavy atom. The second-order valence-corrected chi connectivity index (χ2v) is 5.67. The minimum Gasteiger partial charge on any atom is -0.484 e. The minimum absolute atomic E-state index is 0.0844. The molecular weight excluding hydrogens is 233 g/mol. The van der Waals surface area contributed by atoms with E-state index in [0.717, 1.165) is 0 Å². The van der Waals surface area contributed by atoms with Crippen molar-refractivity contribution >= 4 is 5.78 Å². The van der Waals surface area contributed by atoms with Gasteiger partial charge in [0.15, 0.2) is 5.78 Å². The summed E-state index contributed by atoms with van der Waals surface area (Å²) in [5, 5.41) is 0. The van der Waals surface area contributed by atoms with Crippen LogP contribution in [0.1, 0.15) is 49.4 Å². The first kappa shape index (κ1) is 11.6. The first-order valence-electron chi connectivity index (χ1n) is 6.35. The highest BCUT2D eigenvalue weighted by atomic mass is 19.1. The van der Waals surface area contributed by atoms with Gasteiger partial charge in [0.1, 0.15) is 17.0 Å². The number of alkyl halides is 1.